The quantitative estimate of drug-likeness (QED) is 0.186. The fourth-order valence-corrected chi connectivity index (χ4v) is 3.29. The van der Waals surface area contributed by atoms with Gasteiger partial charge in [0.1, 0.15) is 12.6 Å². The fourth-order valence-electron chi connectivity index (χ4n) is 3.29. The average Bonchev–Trinajstić information content (AvgIpc) is 2.91. The molecule has 9 nitrogen and oxygen atoms in total. The summed E-state index contributed by atoms with van der Waals surface area (Å²) in [5.74, 6) is -2.00. The van der Waals surface area contributed by atoms with E-state index in [9.17, 15) is 19.5 Å². The van der Waals surface area contributed by atoms with E-state index in [-0.39, 0.29) is 19.6 Å². The monoisotopic (exact) mass is 539 g/mol. The first kappa shape index (κ1) is 37.5. The number of benzene rings is 1. The lowest BCUT2D eigenvalue weighted by Crippen LogP contribution is -2.38. The summed E-state index contributed by atoms with van der Waals surface area (Å²) in [6, 6.07) is 8.19. The highest BCUT2D eigenvalue weighted by molar-refractivity contribution is 5.79. The Morgan fingerprint density at radius 1 is 0.895 bits per heavy atom. The molecule has 220 valence electrons. The molecule has 0 aliphatic rings. The first-order valence-electron chi connectivity index (χ1n) is 14.0. The molecule has 5 N–H and O–H groups in total. The number of amides is 1. The van der Waals surface area contributed by atoms with Crippen LogP contribution in [0.15, 0.2) is 30.3 Å². The molecule has 38 heavy (non-hydrogen) atoms. The molecule has 1 amide bonds. The van der Waals surface area contributed by atoms with Crippen LogP contribution in [0.1, 0.15) is 109 Å². The molecule has 0 aliphatic carbocycles. The smallest absolute Gasteiger partial charge is 0.408 e. The van der Waals surface area contributed by atoms with Gasteiger partial charge in [-0.25, -0.2) is 4.79 Å². The first-order valence-corrected chi connectivity index (χ1v) is 14.0. The van der Waals surface area contributed by atoms with Gasteiger partial charge in [0, 0.05) is 12.5 Å². The number of ether oxygens (including phenoxy) is 1. The minimum atomic E-state index is -1.10. The van der Waals surface area contributed by atoms with Gasteiger partial charge in [0.15, 0.2) is 0 Å². The molecule has 0 aliphatic heterocycles. The highest BCUT2D eigenvalue weighted by atomic mass is 16.5. The molecule has 0 saturated carbocycles. The van der Waals surface area contributed by atoms with Crippen molar-refractivity contribution in [1.29, 1.82) is 0 Å². The predicted molar refractivity (Wildman–Crippen MR) is 148 cm³/mol. The topological polar surface area (TPSA) is 162 Å². The van der Waals surface area contributed by atoms with Gasteiger partial charge in [-0.1, -0.05) is 114 Å². The van der Waals surface area contributed by atoms with Crippen LogP contribution in [-0.2, 0) is 20.9 Å². The zero-order chi connectivity index (χ0) is 28.9. The van der Waals surface area contributed by atoms with Gasteiger partial charge < -0.3 is 35.9 Å². The summed E-state index contributed by atoms with van der Waals surface area (Å²) in [6.07, 6.45) is 16.2. The molecular weight excluding hydrogens is 488 g/mol. The van der Waals surface area contributed by atoms with E-state index in [1.165, 1.54) is 77.6 Å². The van der Waals surface area contributed by atoms with Gasteiger partial charge in [-0.3, -0.25) is 4.79 Å². The molecule has 0 saturated heterocycles. The maximum Gasteiger partial charge on any atom is 0.408 e. The second-order valence-electron chi connectivity index (χ2n) is 9.14. The molecule has 0 unspecified atom stereocenters. The zero-order valence-electron chi connectivity index (χ0n) is 23.5. The minimum absolute atomic E-state index is 0.0972. The number of carbonyl (C=O) groups is 3. The number of hydrogen-bond acceptors (Lipinski definition) is 7. The van der Waals surface area contributed by atoms with Crippen LogP contribution in [0.5, 0.6) is 0 Å². The van der Waals surface area contributed by atoms with Crippen LogP contribution in [0.25, 0.3) is 0 Å². The van der Waals surface area contributed by atoms with Crippen molar-refractivity contribution < 1.29 is 34.4 Å². The summed E-state index contributed by atoms with van der Waals surface area (Å²) in [6.45, 7) is 4.22. The summed E-state index contributed by atoms with van der Waals surface area (Å²) in [7, 11) is 0. The van der Waals surface area contributed by atoms with E-state index in [2.05, 4.69) is 12.2 Å². The number of rotatable bonds is 19. The molecule has 0 fully saturated rings. The number of aliphatic hydroxyl groups excluding tert-OH is 1. The van der Waals surface area contributed by atoms with Crippen LogP contribution in [0.2, 0.25) is 0 Å². The lowest BCUT2D eigenvalue weighted by atomic mass is 10.0. The number of aliphatic hydroxyl groups is 1. The molecule has 0 bridgehead atoms. The molecule has 0 heterocycles. The third-order valence-corrected chi connectivity index (χ3v) is 5.53. The van der Waals surface area contributed by atoms with E-state index in [1.54, 1.807) is 0 Å². The summed E-state index contributed by atoms with van der Waals surface area (Å²) >= 11 is 0. The van der Waals surface area contributed by atoms with Crippen LogP contribution < -0.4 is 16.2 Å². The average molecular weight is 540 g/mol. The first-order chi connectivity index (χ1) is 18.3. The van der Waals surface area contributed by atoms with Crippen LogP contribution in [0.4, 0.5) is 4.79 Å². The third-order valence-electron chi connectivity index (χ3n) is 5.53. The van der Waals surface area contributed by atoms with Crippen molar-refractivity contribution in [2.75, 3.05) is 13.2 Å². The molecule has 1 rings (SSSR count). The Hall–Kier alpha value is -2.65. The Balaban J connectivity index is 0. The largest absolute Gasteiger partial charge is 0.550 e. The van der Waals surface area contributed by atoms with E-state index in [1.807, 2.05) is 30.3 Å². The van der Waals surface area contributed by atoms with Gasteiger partial charge >= 0.3 is 12.1 Å². The maximum absolute atomic E-state index is 11.1. The zero-order valence-corrected chi connectivity index (χ0v) is 23.5. The Labute approximate surface area is 229 Å². The van der Waals surface area contributed by atoms with Gasteiger partial charge in [-0.05, 0) is 25.3 Å². The molecule has 0 radical (unpaired) electrons. The van der Waals surface area contributed by atoms with Crippen LogP contribution >= 0.6 is 0 Å². The fraction of sp³-hybridized carbons (Fsp3) is 0.690. The highest BCUT2D eigenvalue weighted by Gasteiger charge is 2.14. The normalized spacial score (nSPS) is 10.7. The number of carboxylic acids is 2. The van der Waals surface area contributed by atoms with Crippen LogP contribution in [0.3, 0.4) is 0 Å². The molecular formula is C29H51N2O7-. The summed E-state index contributed by atoms with van der Waals surface area (Å²) in [5.41, 5.74) is 5.63. The van der Waals surface area contributed by atoms with E-state index in [0.29, 0.717) is 6.54 Å². The van der Waals surface area contributed by atoms with Crippen molar-refractivity contribution in [3.8, 4) is 0 Å². The van der Waals surface area contributed by atoms with Crippen molar-refractivity contribution in [1.82, 2.24) is 5.32 Å². The SMILES string of the molecule is CCCCCCCCCCCCCCCC(=O)[O-].C[C@H](NC(=O)OCc1ccccc1)C(=O)O.NCCO. The van der Waals surface area contributed by atoms with Crippen LogP contribution in [-0.4, -0.2) is 47.4 Å². The van der Waals surface area contributed by atoms with E-state index in [4.69, 9.17) is 20.7 Å². The van der Waals surface area contributed by atoms with Gasteiger partial charge in [0.05, 0.1) is 6.61 Å². The molecule has 1 aromatic carbocycles. The van der Waals surface area contributed by atoms with Gasteiger partial charge in [0.25, 0.3) is 0 Å². The standard InChI is InChI=1S/C16H32O2.C11H13NO4.C2H7NO/c1-2-3-4-5-6-7-8-9-10-11-12-13-14-15-16(17)18;1-8(10(13)14)12-11(15)16-7-9-5-3-2-4-6-9;3-1-2-4/h2-15H2,1H3,(H,17,18);2-6,8H,7H2,1H3,(H,12,15)(H,13,14);4H,1-3H2/p-1/t;8-;/m.0./s1. The Morgan fingerprint density at radius 3 is 1.74 bits per heavy atom. The second-order valence-corrected chi connectivity index (χ2v) is 9.14. The van der Waals surface area contributed by atoms with Crippen molar-refractivity contribution >= 4 is 18.0 Å². The molecule has 1 atom stereocenters. The number of nitrogens with one attached hydrogen (secondary N) is 1. The van der Waals surface area contributed by atoms with Gasteiger partial charge in [-0.2, -0.15) is 0 Å². The summed E-state index contributed by atoms with van der Waals surface area (Å²) in [4.78, 5) is 31.8. The van der Waals surface area contributed by atoms with E-state index < -0.39 is 24.1 Å². The van der Waals surface area contributed by atoms with E-state index in [0.717, 1.165) is 18.4 Å². The summed E-state index contributed by atoms with van der Waals surface area (Å²) < 4.78 is 4.84. The lowest BCUT2D eigenvalue weighted by Gasteiger charge is -2.09. The van der Waals surface area contributed by atoms with Gasteiger partial charge in [0.2, 0.25) is 0 Å². The molecule has 0 aromatic heterocycles. The number of carboxylic acid groups (broad SMARTS) is 2. The summed E-state index contributed by atoms with van der Waals surface area (Å²) in [5, 5.41) is 28.7. The number of nitrogens with two attached hydrogens (primary N) is 1. The molecule has 1 aromatic rings. The van der Waals surface area contributed by atoms with E-state index >= 15 is 0 Å². The van der Waals surface area contributed by atoms with Crippen molar-refractivity contribution in [2.45, 2.75) is 116 Å². The number of aliphatic carboxylic acids is 2. The van der Waals surface area contributed by atoms with Crippen molar-refractivity contribution in [3.05, 3.63) is 35.9 Å². The number of alkyl carbamates (subject to hydrolysis) is 1. The Kier molecular flexibility index (Phi) is 28.5. The predicted octanol–water partition coefficient (Wildman–Crippen LogP) is 4.54. The van der Waals surface area contributed by atoms with Gasteiger partial charge in [-0.15, -0.1) is 0 Å². The molecule has 9 heteroatoms. The van der Waals surface area contributed by atoms with Crippen molar-refractivity contribution in [2.24, 2.45) is 5.73 Å². The molecule has 0 spiro atoms. The number of unbranched alkanes of at least 4 members (excludes halogenated alkanes) is 12. The third kappa shape index (κ3) is 29.6. The Morgan fingerprint density at radius 2 is 1.34 bits per heavy atom. The number of carbonyl (C=O) groups excluding carboxylic acids is 2. The highest BCUT2D eigenvalue weighted by Crippen LogP contribution is 2.12. The minimum Gasteiger partial charge on any atom is -0.550 e. The Bertz CT molecular complexity index is 685. The maximum atomic E-state index is 11.1. The van der Waals surface area contributed by atoms with Crippen molar-refractivity contribution in [3.63, 3.8) is 0 Å². The van der Waals surface area contributed by atoms with Crippen LogP contribution in [0, 0.1) is 0 Å². The number of hydrogen-bond donors (Lipinski definition) is 4. The lowest BCUT2D eigenvalue weighted by molar-refractivity contribution is -0.305. The second kappa shape index (κ2) is 28.9.